The van der Waals surface area contributed by atoms with Crippen molar-refractivity contribution < 1.29 is 9.53 Å². The number of hydrogen-bond donors (Lipinski definition) is 1. The van der Waals surface area contributed by atoms with Crippen molar-refractivity contribution in [2.45, 2.75) is 19.9 Å². The summed E-state index contributed by atoms with van der Waals surface area (Å²) in [5.74, 6) is 0.472. The summed E-state index contributed by atoms with van der Waals surface area (Å²) in [6, 6.07) is 10.5. The summed E-state index contributed by atoms with van der Waals surface area (Å²) < 4.78 is 6.91. The molecule has 0 saturated carbocycles. The predicted molar refractivity (Wildman–Crippen MR) is 90.0 cm³/mol. The second-order valence-electron chi connectivity index (χ2n) is 5.18. The van der Waals surface area contributed by atoms with Crippen LogP contribution in [0.5, 0.6) is 5.75 Å². The summed E-state index contributed by atoms with van der Waals surface area (Å²) in [5, 5.41) is 3.27. The van der Waals surface area contributed by atoms with Gasteiger partial charge in [0.2, 0.25) is 0 Å². The van der Waals surface area contributed by atoms with E-state index in [2.05, 4.69) is 5.32 Å². The van der Waals surface area contributed by atoms with Gasteiger partial charge in [-0.1, -0.05) is 29.3 Å². The number of carbonyl (C=O) groups is 1. The van der Waals surface area contributed by atoms with Crippen LogP contribution in [0.2, 0.25) is 5.02 Å². The zero-order valence-corrected chi connectivity index (χ0v) is 13.7. The van der Waals surface area contributed by atoms with Crippen molar-refractivity contribution in [3.63, 3.8) is 0 Å². The van der Waals surface area contributed by atoms with Crippen LogP contribution >= 0.6 is 11.6 Å². The Morgan fingerprint density at radius 3 is 2.70 bits per heavy atom. The standard InChI is InChI=1S/C17H19ClN2O3/c1-13-3-6-15(7-4-13)23-12-16(21)19-9-2-10-20-11-14(18)5-8-17(20)22/h3-8,11H,2,9-10,12H2,1H3,(H,19,21). The molecule has 0 atom stereocenters. The molecule has 0 bridgehead atoms. The normalized spacial score (nSPS) is 10.3. The fraction of sp³-hybridized carbons (Fsp3) is 0.294. The van der Waals surface area contributed by atoms with Crippen LogP contribution in [0, 0.1) is 6.92 Å². The Morgan fingerprint density at radius 2 is 1.96 bits per heavy atom. The van der Waals surface area contributed by atoms with E-state index >= 15 is 0 Å². The summed E-state index contributed by atoms with van der Waals surface area (Å²) >= 11 is 5.84. The van der Waals surface area contributed by atoms with Gasteiger partial charge in [0.1, 0.15) is 5.75 Å². The molecule has 1 heterocycles. The summed E-state index contributed by atoms with van der Waals surface area (Å²) in [7, 11) is 0. The Bertz CT molecular complexity index is 711. The second kappa shape index (κ2) is 8.39. The van der Waals surface area contributed by atoms with Gasteiger partial charge in [0.15, 0.2) is 6.61 Å². The summed E-state index contributed by atoms with van der Waals surface area (Å²) in [4.78, 5) is 23.3. The molecular formula is C17H19ClN2O3. The molecular weight excluding hydrogens is 316 g/mol. The number of amides is 1. The minimum atomic E-state index is -0.191. The third-order valence-corrected chi connectivity index (χ3v) is 3.46. The molecule has 0 aliphatic heterocycles. The smallest absolute Gasteiger partial charge is 0.257 e. The van der Waals surface area contributed by atoms with Gasteiger partial charge in [0.05, 0.1) is 5.02 Å². The lowest BCUT2D eigenvalue weighted by molar-refractivity contribution is -0.123. The van der Waals surface area contributed by atoms with E-state index in [4.69, 9.17) is 16.3 Å². The molecule has 1 aromatic heterocycles. The largest absolute Gasteiger partial charge is 0.484 e. The molecule has 0 spiro atoms. The van der Waals surface area contributed by atoms with E-state index in [0.717, 1.165) is 5.56 Å². The lowest BCUT2D eigenvalue weighted by atomic mass is 10.2. The Labute approximate surface area is 139 Å². The predicted octanol–water partition coefficient (Wildman–Crippen LogP) is 2.40. The average molecular weight is 335 g/mol. The molecule has 5 nitrogen and oxygen atoms in total. The van der Waals surface area contributed by atoms with Crippen LogP contribution in [0.4, 0.5) is 0 Å². The first-order chi connectivity index (χ1) is 11.0. The highest BCUT2D eigenvalue weighted by Gasteiger charge is 2.03. The fourth-order valence-corrected chi connectivity index (χ4v) is 2.17. The number of benzene rings is 1. The molecule has 0 saturated heterocycles. The number of ether oxygens (including phenoxy) is 1. The molecule has 0 aliphatic carbocycles. The molecule has 122 valence electrons. The number of nitrogens with one attached hydrogen (secondary N) is 1. The molecule has 0 radical (unpaired) electrons. The molecule has 1 aromatic carbocycles. The first-order valence-corrected chi connectivity index (χ1v) is 7.74. The van der Waals surface area contributed by atoms with Gasteiger partial charge >= 0.3 is 0 Å². The van der Waals surface area contributed by atoms with Gasteiger partial charge in [0, 0.05) is 25.4 Å². The highest BCUT2D eigenvalue weighted by atomic mass is 35.5. The van der Waals surface area contributed by atoms with Gasteiger partial charge in [-0.05, 0) is 31.5 Å². The minimum Gasteiger partial charge on any atom is -0.484 e. The number of halogens is 1. The average Bonchev–Trinajstić information content (AvgIpc) is 2.54. The van der Waals surface area contributed by atoms with E-state index in [1.54, 1.807) is 12.3 Å². The maximum atomic E-state index is 11.7. The lowest BCUT2D eigenvalue weighted by Crippen LogP contribution is -2.30. The molecule has 6 heteroatoms. The molecule has 2 aromatic rings. The SMILES string of the molecule is Cc1ccc(OCC(=O)NCCCn2cc(Cl)ccc2=O)cc1. The fourth-order valence-electron chi connectivity index (χ4n) is 1.99. The number of nitrogens with zero attached hydrogens (tertiary/aromatic N) is 1. The quantitative estimate of drug-likeness (QED) is 0.791. The van der Waals surface area contributed by atoms with Crippen LogP contribution in [0.25, 0.3) is 0 Å². The van der Waals surface area contributed by atoms with Crippen LogP contribution in [-0.2, 0) is 11.3 Å². The first-order valence-electron chi connectivity index (χ1n) is 7.37. The van der Waals surface area contributed by atoms with Crippen molar-refractivity contribution in [2.75, 3.05) is 13.2 Å². The summed E-state index contributed by atoms with van der Waals surface area (Å²) in [6.07, 6.45) is 2.22. The molecule has 0 fully saturated rings. The van der Waals surface area contributed by atoms with E-state index in [9.17, 15) is 9.59 Å². The van der Waals surface area contributed by atoms with Gasteiger partial charge in [-0.15, -0.1) is 0 Å². The van der Waals surface area contributed by atoms with Crippen LogP contribution in [0.3, 0.4) is 0 Å². The van der Waals surface area contributed by atoms with E-state index in [-0.39, 0.29) is 18.1 Å². The van der Waals surface area contributed by atoms with E-state index in [0.29, 0.717) is 30.3 Å². The highest BCUT2D eigenvalue weighted by molar-refractivity contribution is 6.30. The maximum Gasteiger partial charge on any atom is 0.257 e. The summed E-state index contributed by atoms with van der Waals surface area (Å²) in [5.41, 5.74) is 1.03. The van der Waals surface area contributed by atoms with Crippen molar-refractivity contribution in [2.24, 2.45) is 0 Å². The Kier molecular flexibility index (Phi) is 6.23. The van der Waals surface area contributed by atoms with Crippen molar-refractivity contribution in [1.82, 2.24) is 9.88 Å². The van der Waals surface area contributed by atoms with Gasteiger partial charge in [-0.2, -0.15) is 0 Å². The number of aryl methyl sites for hydroxylation is 2. The molecule has 1 amide bonds. The Hall–Kier alpha value is -2.27. The number of carbonyl (C=O) groups excluding carboxylic acids is 1. The van der Waals surface area contributed by atoms with Gasteiger partial charge in [-0.3, -0.25) is 9.59 Å². The zero-order valence-electron chi connectivity index (χ0n) is 12.9. The number of pyridine rings is 1. The Morgan fingerprint density at radius 1 is 1.22 bits per heavy atom. The van der Waals surface area contributed by atoms with Crippen LogP contribution in [0.15, 0.2) is 47.4 Å². The third-order valence-electron chi connectivity index (χ3n) is 3.24. The monoisotopic (exact) mass is 334 g/mol. The number of rotatable bonds is 7. The van der Waals surface area contributed by atoms with Crippen molar-refractivity contribution in [3.8, 4) is 5.75 Å². The summed E-state index contributed by atoms with van der Waals surface area (Å²) in [6.45, 7) is 2.93. The third kappa shape index (κ3) is 5.79. The minimum absolute atomic E-state index is 0.0276. The van der Waals surface area contributed by atoms with Crippen molar-refractivity contribution in [3.05, 3.63) is 63.5 Å². The van der Waals surface area contributed by atoms with E-state index in [1.165, 1.54) is 10.6 Å². The van der Waals surface area contributed by atoms with Crippen LogP contribution in [0.1, 0.15) is 12.0 Å². The van der Waals surface area contributed by atoms with Gasteiger partial charge < -0.3 is 14.6 Å². The molecule has 0 unspecified atom stereocenters. The van der Waals surface area contributed by atoms with Gasteiger partial charge in [0.25, 0.3) is 11.5 Å². The maximum absolute atomic E-state index is 11.7. The highest BCUT2D eigenvalue weighted by Crippen LogP contribution is 2.10. The van der Waals surface area contributed by atoms with Crippen molar-refractivity contribution in [1.29, 1.82) is 0 Å². The topological polar surface area (TPSA) is 60.3 Å². The molecule has 2 rings (SSSR count). The van der Waals surface area contributed by atoms with Crippen LogP contribution in [-0.4, -0.2) is 23.6 Å². The van der Waals surface area contributed by atoms with Crippen molar-refractivity contribution >= 4 is 17.5 Å². The van der Waals surface area contributed by atoms with Gasteiger partial charge in [-0.25, -0.2) is 0 Å². The Balaban J connectivity index is 1.67. The second-order valence-corrected chi connectivity index (χ2v) is 5.62. The molecule has 23 heavy (non-hydrogen) atoms. The number of aromatic nitrogens is 1. The molecule has 1 N–H and O–H groups in total. The molecule has 0 aliphatic rings. The zero-order chi connectivity index (χ0) is 16.7. The van der Waals surface area contributed by atoms with E-state index in [1.807, 2.05) is 31.2 Å². The number of hydrogen-bond acceptors (Lipinski definition) is 3. The van der Waals surface area contributed by atoms with E-state index < -0.39 is 0 Å². The first kappa shape index (κ1) is 17.1. The lowest BCUT2D eigenvalue weighted by Gasteiger charge is -2.09. The van der Waals surface area contributed by atoms with Crippen LogP contribution < -0.4 is 15.6 Å².